The van der Waals surface area contributed by atoms with Crippen LogP contribution in [0.5, 0.6) is 0 Å². The summed E-state index contributed by atoms with van der Waals surface area (Å²) in [6.45, 7) is 9.48. The number of hydrogen-bond acceptors (Lipinski definition) is 3. The van der Waals surface area contributed by atoms with E-state index in [1.165, 1.54) is 94.2 Å². The highest BCUT2D eigenvalue weighted by Gasteiger charge is 2.38. The van der Waals surface area contributed by atoms with Crippen molar-refractivity contribution in [3.63, 3.8) is 0 Å². The molecule has 13 aromatic carbocycles. The molecule has 6 nitrogen and oxygen atoms in total. The lowest BCUT2D eigenvalue weighted by molar-refractivity contribution is 0.659. The molecule has 0 N–H and O–H groups in total. The van der Waals surface area contributed by atoms with E-state index >= 15 is 0 Å². The first-order valence-electron chi connectivity index (χ1n) is 34.6. The molecule has 0 radical (unpaired) electrons. The van der Waals surface area contributed by atoms with Gasteiger partial charge in [-0.15, -0.1) is 0 Å². The third-order valence-electron chi connectivity index (χ3n) is 22.1. The summed E-state index contributed by atoms with van der Waals surface area (Å²) in [6.07, 6.45) is 5.63. The van der Waals surface area contributed by atoms with Crippen molar-refractivity contribution in [1.29, 1.82) is 0 Å². The van der Waals surface area contributed by atoms with Crippen LogP contribution in [0, 0.1) is 0 Å². The summed E-state index contributed by atoms with van der Waals surface area (Å²) in [5, 5.41) is 5.94. The Bertz CT molecular complexity index is 6140. The van der Waals surface area contributed by atoms with Gasteiger partial charge in [-0.2, -0.15) is 9.97 Å². The van der Waals surface area contributed by atoms with Crippen LogP contribution in [-0.4, -0.2) is 28.7 Å². The second-order valence-electron chi connectivity index (χ2n) is 28.3. The second-order valence-corrected chi connectivity index (χ2v) is 28.3. The quantitative estimate of drug-likeness (QED) is 0.145. The van der Waals surface area contributed by atoms with E-state index < -0.39 is 0 Å². The fraction of sp³-hybridized carbons (Fsp3) is 0.0860. The summed E-state index contributed by atoms with van der Waals surface area (Å²) >= 11 is 0. The second kappa shape index (κ2) is 21.6. The molecule has 3 aliphatic carbocycles. The van der Waals surface area contributed by atoms with Gasteiger partial charge in [-0.05, 0) is 144 Å². The molecule has 4 heterocycles. The molecule has 0 aliphatic heterocycles. The van der Waals surface area contributed by atoms with Gasteiger partial charge in [0, 0.05) is 77.4 Å². The van der Waals surface area contributed by atoms with E-state index in [0.29, 0.717) is 17.6 Å². The predicted molar refractivity (Wildman–Crippen MR) is 410 cm³/mol. The number of para-hydroxylation sites is 2. The Labute approximate surface area is 574 Å². The van der Waals surface area contributed by atoms with Crippen LogP contribution in [0.3, 0.4) is 0 Å². The van der Waals surface area contributed by atoms with Crippen molar-refractivity contribution >= 4 is 60.6 Å². The highest BCUT2D eigenvalue weighted by Crippen LogP contribution is 2.52. The average molecular weight is 1270 g/mol. The molecular weight excluding hydrogens is 1200 g/mol. The molecule has 20 rings (SSSR count). The summed E-state index contributed by atoms with van der Waals surface area (Å²) in [4.78, 5) is 16.6. The minimum atomic E-state index is -0.145. The third-order valence-corrected chi connectivity index (χ3v) is 22.1. The first-order chi connectivity index (χ1) is 48.6. The van der Waals surface area contributed by atoms with Crippen molar-refractivity contribution in [3.05, 3.63) is 342 Å². The third kappa shape index (κ3) is 8.78. The number of hydrogen-bond donors (Lipinski definition) is 0. The Balaban J connectivity index is 0.773. The van der Waals surface area contributed by atoms with Crippen molar-refractivity contribution in [2.45, 2.75) is 50.9 Å². The SMILES string of the molecule is CC1(C)c2ccccc2-c2ccc(-n3c4c(c5ccccc53)C=CC(c3ccc5c6ccc(-c7ccc8c9ccccc9n(-c9ccc%10c(c9)C(C)(C)c9ccccc9-%10)c8c7)cc6n(-c6nc(-c7ccc(-c8ccccc8)cc7)nc(-c7ccc(-c8ccccc8)cc7)n6)c5c3)C4)cc21. The Kier molecular flexibility index (Phi) is 12.5. The summed E-state index contributed by atoms with van der Waals surface area (Å²) in [6, 6.07) is 109. The molecular formula is C93H66N6. The van der Waals surface area contributed by atoms with Gasteiger partial charge in [0.1, 0.15) is 0 Å². The number of allylic oxidation sites excluding steroid dienone is 1. The zero-order valence-electron chi connectivity index (χ0n) is 55.4. The maximum atomic E-state index is 5.61. The van der Waals surface area contributed by atoms with Gasteiger partial charge in [0.25, 0.3) is 0 Å². The lowest BCUT2D eigenvalue weighted by Gasteiger charge is -2.24. The van der Waals surface area contributed by atoms with Crippen LogP contribution < -0.4 is 0 Å². The minimum Gasteiger partial charge on any atom is -0.313 e. The molecule has 0 saturated carbocycles. The number of nitrogens with zero attached hydrogens (tertiary/aromatic N) is 6. The van der Waals surface area contributed by atoms with Crippen LogP contribution in [0.1, 0.15) is 72.7 Å². The van der Waals surface area contributed by atoms with Gasteiger partial charge >= 0.3 is 0 Å². The summed E-state index contributed by atoms with van der Waals surface area (Å²) in [7, 11) is 0. The molecule has 3 aliphatic rings. The zero-order chi connectivity index (χ0) is 65.8. The van der Waals surface area contributed by atoms with Crippen molar-refractivity contribution in [3.8, 4) is 95.7 Å². The standard InChI is InChI=1S/C93H66N6/c1-92(2)79-27-15-11-23-69(79)71-49-43-67(55-81(71)92)97-83-29-17-13-25-73(83)75-45-39-63(51-85(75)97)65-41-47-77-78-48-42-66(64-40-46-76-74-26-14-18-30-84(74)98(86(76)52-64)68-44-50-72-70-24-12-16-28-80(70)93(3,4)82(72)56-68)54-88(78)99(87(77)53-65)91-95-89(61-35-31-59(32-36-61)57-19-7-5-8-20-57)94-90(96-91)62-37-33-60(34-38-62)58-21-9-6-10-22-58/h5-51,53-56,64H,52H2,1-4H3. The van der Waals surface area contributed by atoms with Crippen molar-refractivity contribution in [2.75, 3.05) is 0 Å². The first-order valence-corrected chi connectivity index (χ1v) is 34.6. The molecule has 6 heteroatoms. The van der Waals surface area contributed by atoms with Crippen LogP contribution in [0.15, 0.2) is 303 Å². The van der Waals surface area contributed by atoms with Crippen LogP contribution >= 0.6 is 0 Å². The molecule has 17 aromatic rings. The van der Waals surface area contributed by atoms with Gasteiger partial charge in [0.05, 0.1) is 27.6 Å². The molecule has 99 heavy (non-hydrogen) atoms. The smallest absolute Gasteiger partial charge is 0.238 e. The highest BCUT2D eigenvalue weighted by atomic mass is 15.2. The highest BCUT2D eigenvalue weighted by molar-refractivity contribution is 6.12. The van der Waals surface area contributed by atoms with Gasteiger partial charge in [-0.25, -0.2) is 4.98 Å². The van der Waals surface area contributed by atoms with Crippen LogP contribution in [0.25, 0.3) is 156 Å². The Morgan fingerprint density at radius 3 is 1.28 bits per heavy atom. The van der Waals surface area contributed by atoms with E-state index in [4.69, 9.17) is 15.0 Å². The maximum absolute atomic E-state index is 5.61. The van der Waals surface area contributed by atoms with Gasteiger partial charge in [0.15, 0.2) is 11.6 Å². The maximum Gasteiger partial charge on any atom is 0.238 e. The normalized spacial score (nSPS) is 14.6. The van der Waals surface area contributed by atoms with Crippen LogP contribution in [-0.2, 0) is 17.3 Å². The Morgan fingerprint density at radius 2 is 0.717 bits per heavy atom. The fourth-order valence-corrected chi connectivity index (χ4v) is 17.1. The number of benzene rings is 13. The van der Waals surface area contributed by atoms with E-state index in [1.807, 2.05) is 0 Å². The molecule has 0 fully saturated rings. The molecule has 1 atom stereocenters. The molecule has 0 bridgehead atoms. The van der Waals surface area contributed by atoms with Gasteiger partial charge < -0.3 is 9.13 Å². The number of rotatable bonds is 9. The number of aromatic nitrogens is 6. The average Bonchev–Trinajstić information content (AvgIpc) is 1.58. The van der Waals surface area contributed by atoms with E-state index in [-0.39, 0.29) is 16.7 Å². The van der Waals surface area contributed by atoms with Crippen LogP contribution in [0.4, 0.5) is 0 Å². The molecule has 0 saturated heterocycles. The van der Waals surface area contributed by atoms with E-state index in [0.717, 1.165) is 83.9 Å². The van der Waals surface area contributed by atoms with Gasteiger partial charge in [-0.3, -0.25) is 4.57 Å². The molecule has 1 unspecified atom stereocenters. The summed E-state index contributed by atoms with van der Waals surface area (Å²) in [5.41, 5.74) is 30.8. The first kappa shape index (κ1) is 57.0. The molecule has 468 valence electrons. The van der Waals surface area contributed by atoms with Crippen molar-refractivity contribution < 1.29 is 0 Å². The minimum absolute atomic E-state index is 0.0587. The topological polar surface area (TPSA) is 53.5 Å². The predicted octanol–water partition coefficient (Wildman–Crippen LogP) is 23.3. The van der Waals surface area contributed by atoms with E-state index in [9.17, 15) is 0 Å². The Morgan fingerprint density at radius 1 is 0.303 bits per heavy atom. The van der Waals surface area contributed by atoms with Crippen LogP contribution in [0.2, 0.25) is 0 Å². The Hall–Kier alpha value is -12.3. The summed E-state index contributed by atoms with van der Waals surface area (Å²) in [5.74, 6) is 1.79. The monoisotopic (exact) mass is 1270 g/mol. The van der Waals surface area contributed by atoms with Gasteiger partial charge in [-0.1, -0.05) is 283 Å². The number of fused-ring (bicyclic) bond motifs is 15. The lowest BCUT2D eigenvalue weighted by Crippen LogP contribution is -2.16. The van der Waals surface area contributed by atoms with Gasteiger partial charge in [0.2, 0.25) is 5.95 Å². The summed E-state index contributed by atoms with van der Waals surface area (Å²) < 4.78 is 7.35. The molecule has 4 aromatic heterocycles. The zero-order valence-corrected chi connectivity index (χ0v) is 55.4. The molecule has 0 spiro atoms. The van der Waals surface area contributed by atoms with E-state index in [1.54, 1.807) is 0 Å². The van der Waals surface area contributed by atoms with Crippen molar-refractivity contribution in [2.24, 2.45) is 0 Å². The lowest BCUT2D eigenvalue weighted by atomic mass is 9.82. The fourth-order valence-electron chi connectivity index (χ4n) is 17.1. The van der Waals surface area contributed by atoms with E-state index in [2.05, 4.69) is 351 Å². The van der Waals surface area contributed by atoms with Crippen molar-refractivity contribution in [1.82, 2.24) is 28.7 Å². The molecule has 0 amide bonds. The largest absolute Gasteiger partial charge is 0.313 e.